The molecule has 23 heavy (non-hydrogen) atoms. The molecule has 0 N–H and O–H groups in total. The van der Waals surface area contributed by atoms with Gasteiger partial charge in [-0.25, -0.2) is 0 Å². The minimum Gasteiger partial charge on any atom is -0.469 e. The number of carbonyl (C=O) groups is 2. The molecule has 1 fully saturated rings. The predicted octanol–water partition coefficient (Wildman–Crippen LogP) is 4.17. The molecule has 0 aromatic rings. The summed E-state index contributed by atoms with van der Waals surface area (Å²) < 4.78 is 4.80. The van der Waals surface area contributed by atoms with Crippen LogP contribution in [0.2, 0.25) is 0 Å². The molecule has 1 saturated carbocycles. The summed E-state index contributed by atoms with van der Waals surface area (Å²) in [4.78, 5) is 26.1. The fraction of sp³-hybridized carbons (Fsp3) is 0.895. The highest BCUT2D eigenvalue weighted by Gasteiger charge is 2.22. The van der Waals surface area contributed by atoms with Crippen molar-refractivity contribution in [2.24, 2.45) is 11.8 Å². The average Bonchev–Trinajstić information content (AvgIpc) is 2.58. The first-order valence-electron chi connectivity index (χ1n) is 9.44. The maximum absolute atomic E-state index is 12.6. The molecule has 0 saturated heterocycles. The van der Waals surface area contributed by atoms with E-state index in [0.29, 0.717) is 13.0 Å². The minimum atomic E-state index is -0.250. The number of amides is 1. The van der Waals surface area contributed by atoms with E-state index in [1.54, 1.807) is 0 Å². The Morgan fingerprint density at radius 2 is 1.87 bits per heavy atom. The van der Waals surface area contributed by atoms with Crippen LogP contribution in [0.5, 0.6) is 0 Å². The summed E-state index contributed by atoms with van der Waals surface area (Å²) in [5.74, 6) is 0.455. The Bertz CT molecular complexity index is 351. The molecule has 1 amide bonds. The van der Waals surface area contributed by atoms with E-state index in [0.717, 1.165) is 38.1 Å². The van der Waals surface area contributed by atoms with Gasteiger partial charge in [0.25, 0.3) is 0 Å². The smallest absolute Gasteiger partial charge is 0.310 e. The third-order valence-corrected chi connectivity index (χ3v) is 4.97. The molecule has 134 valence electrons. The summed E-state index contributed by atoms with van der Waals surface area (Å²) >= 11 is 0. The topological polar surface area (TPSA) is 46.6 Å². The number of methoxy groups -OCH3 is 1. The summed E-state index contributed by atoms with van der Waals surface area (Å²) in [6.45, 7) is 5.25. The van der Waals surface area contributed by atoms with Crippen LogP contribution in [0.25, 0.3) is 0 Å². The lowest BCUT2D eigenvalue weighted by atomic mass is 9.86. The van der Waals surface area contributed by atoms with Crippen molar-refractivity contribution in [1.29, 1.82) is 0 Å². The molecule has 1 aliphatic rings. The van der Waals surface area contributed by atoms with Crippen LogP contribution >= 0.6 is 0 Å². The van der Waals surface area contributed by atoms with Crippen molar-refractivity contribution >= 4 is 11.9 Å². The third-order valence-electron chi connectivity index (χ3n) is 4.97. The average molecular weight is 325 g/mol. The van der Waals surface area contributed by atoms with Crippen LogP contribution in [0.1, 0.15) is 78.1 Å². The van der Waals surface area contributed by atoms with E-state index in [1.165, 1.54) is 39.2 Å². The van der Waals surface area contributed by atoms with E-state index in [9.17, 15) is 9.59 Å². The number of rotatable bonds is 10. The summed E-state index contributed by atoms with van der Waals surface area (Å²) in [7, 11) is 1.41. The number of esters is 1. The number of hydrogen-bond donors (Lipinski definition) is 0. The Morgan fingerprint density at radius 1 is 1.17 bits per heavy atom. The number of unbranched alkanes of at least 4 members (excludes halogenated alkanes) is 2. The van der Waals surface area contributed by atoms with Crippen molar-refractivity contribution in [3.63, 3.8) is 0 Å². The lowest BCUT2D eigenvalue weighted by Gasteiger charge is -2.27. The van der Waals surface area contributed by atoms with E-state index < -0.39 is 0 Å². The maximum Gasteiger partial charge on any atom is 0.310 e. The molecular weight excluding hydrogens is 290 g/mol. The zero-order valence-corrected chi connectivity index (χ0v) is 15.3. The highest BCUT2D eigenvalue weighted by atomic mass is 16.5. The van der Waals surface area contributed by atoms with Gasteiger partial charge in [-0.2, -0.15) is 0 Å². The Balaban J connectivity index is 2.47. The molecule has 0 spiro atoms. The molecule has 0 radical (unpaired) electrons. The van der Waals surface area contributed by atoms with Gasteiger partial charge in [-0.1, -0.05) is 58.8 Å². The molecule has 1 rings (SSSR count). The highest BCUT2D eigenvalue weighted by Crippen LogP contribution is 2.27. The standard InChI is InChI=1S/C19H35NO3/c1-4-5-9-14-20(15-16(2)19(22)23-3)18(21)13-12-17-10-7-6-8-11-17/h16-17H,4-15H2,1-3H3. The van der Waals surface area contributed by atoms with Gasteiger partial charge in [0.15, 0.2) is 0 Å². The molecule has 4 nitrogen and oxygen atoms in total. The van der Waals surface area contributed by atoms with Crippen LogP contribution in [0.4, 0.5) is 0 Å². The first-order valence-corrected chi connectivity index (χ1v) is 9.44. The number of carbonyl (C=O) groups excluding carboxylic acids is 2. The molecular formula is C19H35NO3. The fourth-order valence-electron chi connectivity index (χ4n) is 3.44. The zero-order valence-electron chi connectivity index (χ0n) is 15.3. The monoisotopic (exact) mass is 325 g/mol. The highest BCUT2D eigenvalue weighted by molar-refractivity contribution is 5.78. The van der Waals surface area contributed by atoms with Gasteiger partial charge < -0.3 is 9.64 Å². The van der Waals surface area contributed by atoms with Gasteiger partial charge in [-0.05, 0) is 18.8 Å². The Hall–Kier alpha value is -1.06. The summed E-state index contributed by atoms with van der Waals surface area (Å²) in [5.41, 5.74) is 0. The minimum absolute atomic E-state index is 0.211. The van der Waals surface area contributed by atoms with Crippen LogP contribution in [0, 0.1) is 11.8 Å². The van der Waals surface area contributed by atoms with Crippen LogP contribution in [0.15, 0.2) is 0 Å². The molecule has 0 aromatic carbocycles. The van der Waals surface area contributed by atoms with Crippen LogP contribution in [-0.4, -0.2) is 37.0 Å². The van der Waals surface area contributed by atoms with Crippen LogP contribution in [0.3, 0.4) is 0 Å². The quantitative estimate of drug-likeness (QED) is 0.447. The first kappa shape index (κ1) is 20.0. The fourth-order valence-corrected chi connectivity index (χ4v) is 3.44. The molecule has 0 aromatic heterocycles. The van der Waals surface area contributed by atoms with Crippen molar-refractivity contribution < 1.29 is 14.3 Å². The Kier molecular flexibility index (Phi) is 9.97. The van der Waals surface area contributed by atoms with E-state index in [-0.39, 0.29) is 17.8 Å². The first-order chi connectivity index (χ1) is 11.1. The van der Waals surface area contributed by atoms with Gasteiger partial charge in [0, 0.05) is 19.5 Å². The van der Waals surface area contributed by atoms with E-state index >= 15 is 0 Å². The van der Waals surface area contributed by atoms with Crippen molar-refractivity contribution in [3.05, 3.63) is 0 Å². The molecule has 1 atom stereocenters. The summed E-state index contributed by atoms with van der Waals surface area (Å²) in [6.07, 6.45) is 11.5. The van der Waals surface area contributed by atoms with Gasteiger partial charge in [0.2, 0.25) is 5.91 Å². The summed E-state index contributed by atoms with van der Waals surface area (Å²) in [5, 5.41) is 0. The predicted molar refractivity (Wildman–Crippen MR) is 93.1 cm³/mol. The maximum atomic E-state index is 12.6. The summed E-state index contributed by atoms with van der Waals surface area (Å²) in [6, 6.07) is 0. The zero-order chi connectivity index (χ0) is 17.1. The largest absolute Gasteiger partial charge is 0.469 e. The van der Waals surface area contributed by atoms with E-state index in [1.807, 2.05) is 11.8 Å². The van der Waals surface area contributed by atoms with Gasteiger partial charge in [0.05, 0.1) is 13.0 Å². The van der Waals surface area contributed by atoms with Crippen LogP contribution < -0.4 is 0 Å². The molecule has 1 aliphatic carbocycles. The van der Waals surface area contributed by atoms with Gasteiger partial charge >= 0.3 is 5.97 Å². The second-order valence-corrected chi connectivity index (χ2v) is 7.01. The van der Waals surface area contributed by atoms with Gasteiger partial charge in [-0.15, -0.1) is 0 Å². The number of nitrogens with zero attached hydrogens (tertiary/aromatic N) is 1. The number of hydrogen-bond acceptors (Lipinski definition) is 3. The normalized spacial score (nSPS) is 16.8. The lowest BCUT2D eigenvalue weighted by Crippen LogP contribution is -2.38. The third kappa shape index (κ3) is 7.85. The van der Waals surface area contributed by atoms with Crippen molar-refractivity contribution in [2.45, 2.75) is 78.1 Å². The molecule has 4 heteroatoms. The van der Waals surface area contributed by atoms with Crippen molar-refractivity contribution in [2.75, 3.05) is 20.2 Å². The molecule has 0 bridgehead atoms. The van der Waals surface area contributed by atoms with Gasteiger partial charge in [0.1, 0.15) is 0 Å². The molecule has 0 aliphatic heterocycles. The lowest BCUT2D eigenvalue weighted by molar-refractivity contribution is -0.146. The van der Waals surface area contributed by atoms with Gasteiger partial charge in [-0.3, -0.25) is 9.59 Å². The second-order valence-electron chi connectivity index (χ2n) is 7.01. The van der Waals surface area contributed by atoms with E-state index in [2.05, 4.69) is 6.92 Å². The van der Waals surface area contributed by atoms with Crippen LogP contribution in [-0.2, 0) is 14.3 Å². The molecule has 1 unspecified atom stereocenters. The Morgan fingerprint density at radius 3 is 2.48 bits per heavy atom. The number of ether oxygens (including phenoxy) is 1. The van der Waals surface area contributed by atoms with Crippen molar-refractivity contribution in [1.82, 2.24) is 4.90 Å². The van der Waals surface area contributed by atoms with Crippen molar-refractivity contribution in [3.8, 4) is 0 Å². The SMILES string of the molecule is CCCCCN(CC(C)C(=O)OC)C(=O)CCC1CCCCC1. The van der Waals surface area contributed by atoms with E-state index in [4.69, 9.17) is 4.74 Å². The molecule has 0 heterocycles. The second kappa shape index (κ2) is 11.5. The Labute approximate surface area is 141 Å².